The van der Waals surface area contributed by atoms with Crippen molar-refractivity contribution in [2.75, 3.05) is 0 Å². The Balaban J connectivity index is 2.07. The fourth-order valence-electron chi connectivity index (χ4n) is 0.858. The summed E-state index contributed by atoms with van der Waals surface area (Å²) in [4.78, 5) is 3.81. The van der Waals surface area contributed by atoms with Gasteiger partial charge in [0, 0.05) is 5.92 Å². The SMILES string of the molecule is ON/C=N/c1nnc(C2CC2)s1. The lowest BCUT2D eigenvalue weighted by molar-refractivity contribution is 0.240. The van der Waals surface area contributed by atoms with Crippen LogP contribution in [0, 0.1) is 0 Å². The van der Waals surface area contributed by atoms with Crippen LogP contribution in [0.1, 0.15) is 23.8 Å². The molecular formula is C6H8N4OS. The Kier molecular flexibility index (Phi) is 2.01. The van der Waals surface area contributed by atoms with E-state index >= 15 is 0 Å². The molecule has 1 aliphatic rings. The summed E-state index contributed by atoms with van der Waals surface area (Å²) in [6, 6.07) is 0. The lowest BCUT2D eigenvalue weighted by Gasteiger charge is -1.81. The molecular weight excluding hydrogens is 176 g/mol. The number of hydroxylamine groups is 1. The van der Waals surface area contributed by atoms with Gasteiger partial charge >= 0.3 is 0 Å². The number of nitrogens with one attached hydrogen (secondary N) is 1. The van der Waals surface area contributed by atoms with Crippen molar-refractivity contribution in [3.8, 4) is 0 Å². The first-order chi connectivity index (χ1) is 5.90. The smallest absolute Gasteiger partial charge is 0.233 e. The Morgan fingerprint density at radius 1 is 1.58 bits per heavy atom. The second kappa shape index (κ2) is 3.16. The Morgan fingerprint density at radius 2 is 2.42 bits per heavy atom. The van der Waals surface area contributed by atoms with Crippen LogP contribution in [-0.4, -0.2) is 21.7 Å². The summed E-state index contributed by atoms with van der Waals surface area (Å²) in [5, 5.41) is 17.7. The molecule has 0 radical (unpaired) electrons. The Bertz CT molecular complexity index is 293. The topological polar surface area (TPSA) is 70.4 Å². The van der Waals surface area contributed by atoms with Gasteiger partial charge in [-0.3, -0.25) is 10.7 Å². The third kappa shape index (κ3) is 1.59. The predicted molar refractivity (Wildman–Crippen MR) is 45.0 cm³/mol. The maximum absolute atomic E-state index is 8.21. The quantitative estimate of drug-likeness (QED) is 0.418. The van der Waals surface area contributed by atoms with E-state index in [0.717, 1.165) is 5.01 Å². The average Bonchev–Trinajstić information content (AvgIpc) is 2.83. The molecule has 1 aromatic rings. The molecule has 0 bridgehead atoms. The van der Waals surface area contributed by atoms with Crippen LogP contribution in [0.4, 0.5) is 5.13 Å². The minimum absolute atomic E-state index is 0.582. The van der Waals surface area contributed by atoms with Gasteiger partial charge in [0.25, 0.3) is 0 Å². The molecule has 12 heavy (non-hydrogen) atoms. The Labute approximate surface area is 73.1 Å². The number of hydrogen-bond donors (Lipinski definition) is 2. The van der Waals surface area contributed by atoms with Crippen LogP contribution >= 0.6 is 11.3 Å². The van der Waals surface area contributed by atoms with Crippen LogP contribution in [0.25, 0.3) is 0 Å². The van der Waals surface area contributed by atoms with E-state index in [9.17, 15) is 0 Å². The van der Waals surface area contributed by atoms with Crippen LogP contribution in [0.15, 0.2) is 4.99 Å². The fourth-order valence-corrected chi connectivity index (χ4v) is 1.72. The highest BCUT2D eigenvalue weighted by atomic mass is 32.1. The summed E-state index contributed by atoms with van der Waals surface area (Å²) in [7, 11) is 0. The zero-order chi connectivity index (χ0) is 8.39. The van der Waals surface area contributed by atoms with Crippen LogP contribution in [0.3, 0.4) is 0 Å². The van der Waals surface area contributed by atoms with Crippen LogP contribution in [0.5, 0.6) is 0 Å². The van der Waals surface area contributed by atoms with E-state index in [1.807, 2.05) is 5.48 Å². The molecule has 0 saturated heterocycles. The van der Waals surface area contributed by atoms with E-state index in [-0.39, 0.29) is 0 Å². The highest BCUT2D eigenvalue weighted by Gasteiger charge is 2.27. The minimum atomic E-state index is 0.582. The van der Waals surface area contributed by atoms with E-state index in [1.165, 1.54) is 30.5 Å². The standard InChI is InChI=1S/C6H8N4OS/c11-8-3-7-6-10-9-5(12-6)4-1-2-4/h3-4,11H,1-2H2,(H,7,8,10). The molecule has 6 heteroatoms. The number of hydrogen-bond acceptors (Lipinski definition) is 5. The van der Waals surface area contributed by atoms with E-state index in [0.29, 0.717) is 11.0 Å². The van der Waals surface area contributed by atoms with Crippen molar-refractivity contribution in [2.45, 2.75) is 18.8 Å². The number of aliphatic imine (C=N–C) groups is 1. The van der Waals surface area contributed by atoms with E-state index in [4.69, 9.17) is 5.21 Å². The molecule has 1 heterocycles. The lowest BCUT2D eigenvalue weighted by atomic mass is 10.5. The largest absolute Gasteiger partial charge is 0.290 e. The number of aromatic nitrogens is 2. The molecule has 0 atom stereocenters. The first-order valence-corrected chi connectivity index (χ1v) is 4.47. The van der Waals surface area contributed by atoms with Crippen molar-refractivity contribution in [2.24, 2.45) is 4.99 Å². The van der Waals surface area contributed by atoms with Gasteiger partial charge in [-0.2, -0.15) is 0 Å². The molecule has 0 spiro atoms. The Morgan fingerprint density at radius 3 is 3.08 bits per heavy atom. The second-order valence-electron chi connectivity index (χ2n) is 2.58. The minimum Gasteiger partial charge on any atom is -0.290 e. The van der Waals surface area contributed by atoms with E-state index in [2.05, 4.69) is 15.2 Å². The molecule has 0 aromatic carbocycles. The molecule has 1 aromatic heterocycles. The molecule has 0 amide bonds. The van der Waals surface area contributed by atoms with E-state index < -0.39 is 0 Å². The summed E-state index contributed by atoms with van der Waals surface area (Å²) in [5.74, 6) is 0.619. The summed E-state index contributed by atoms with van der Waals surface area (Å²) in [6.45, 7) is 0. The van der Waals surface area contributed by atoms with Gasteiger partial charge in [0.05, 0.1) is 0 Å². The summed E-state index contributed by atoms with van der Waals surface area (Å²) in [5.41, 5.74) is 1.82. The van der Waals surface area contributed by atoms with Crippen molar-refractivity contribution in [1.29, 1.82) is 0 Å². The lowest BCUT2D eigenvalue weighted by Crippen LogP contribution is -2.00. The van der Waals surface area contributed by atoms with Crippen molar-refractivity contribution >= 4 is 22.8 Å². The average molecular weight is 184 g/mol. The van der Waals surface area contributed by atoms with Gasteiger partial charge in [0.2, 0.25) is 5.13 Å². The highest BCUT2D eigenvalue weighted by Crippen LogP contribution is 2.42. The van der Waals surface area contributed by atoms with Gasteiger partial charge in [-0.1, -0.05) is 11.3 Å². The van der Waals surface area contributed by atoms with Crippen LogP contribution in [0.2, 0.25) is 0 Å². The Hall–Kier alpha value is -1.01. The predicted octanol–water partition coefficient (Wildman–Crippen LogP) is 1.05. The first kappa shape index (κ1) is 7.63. The van der Waals surface area contributed by atoms with Crippen molar-refractivity contribution < 1.29 is 5.21 Å². The third-order valence-corrected chi connectivity index (χ3v) is 2.58. The fraction of sp³-hybridized carbons (Fsp3) is 0.500. The zero-order valence-electron chi connectivity index (χ0n) is 6.27. The number of rotatable bonds is 3. The zero-order valence-corrected chi connectivity index (χ0v) is 7.08. The molecule has 2 N–H and O–H groups in total. The summed E-state index contributed by atoms with van der Waals surface area (Å²) >= 11 is 1.47. The van der Waals surface area contributed by atoms with Crippen molar-refractivity contribution in [3.05, 3.63) is 5.01 Å². The molecule has 1 fully saturated rings. The third-order valence-electron chi connectivity index (χ3n) is 1.59. The maximum atomic E-state index is 8.21. The number of nitrogens with zero attached hydrogens (tertiary/aromatic N) is 3. The molecule has 0 aliphatic heterocycles. The summed E-state index contributed by atoms with van der Waals surface area (Å²) < 4.78 is 0. The molecule has 1 saturated carbocycles. The van der Waals surface area contributed by atoms with Crippen LogP contribution < -0.4 is 5.48 Å². The first-order valence-electron chi connectivity index (χ1n) is 3.65. The monoisotopic (exact) mass is 184 g/mol. The van der Waals surface area contributed by atoms with Gasteiger partial charge < -0.3 is 0 Å². The molecule has 2 rings (SSSR count). The van der Waals surface area contributed by atoms with Gasteiger partial charge in [-0.25, -0.2) is 4.99 Å². The molecule has 1 aliphatic carbocycles. The molecule has 0 unspecified atom stereocenters. The van der Waals surface area contributed by atoms with E-state index in [1.54, 1.807) is 0 Å². The molecule has 64 valence electrons. The van der Waals surface area contributed by atoms with Gasteiger partial charge in [-0.05, 0) is 12.8 Å². The van der Waals surface area contributed by atoms with Gasteiger partial charge in [0.15, 0.2) is 0 Å². The normalized spacial score (nSPS) is 17.1. The van der Waals surface area contributed by atoms with Gasteiger partial charge in [0.1, 0.15) is 11.3 Å². The van der Waals surface area contributed by atoms with Crippen LogP contribution in [-0.2, 0) is 0 Å². The van der Waals surface area contributed by atoms with Crippen molar-refractivity contribution in [1.82, 2.24) is 15.7 Å². The van der Waals surface area contributed by atoms with Gasteiger partial charge in [-0.15, -0.1) is 10.2 Å². The summed E-state index contributed by atoms with van der Waals surface area (Å²) in [6.07, 6.45) is 3.62. The van der Waals surface area contributed by atoms with Crippen molar-refractivity contribution in [3.63, 3.8) is 0 Å². The maximum Gasteiger partial charge on any atom is 0.233 e. The molecule has 5 nitrogen and oxygen atoms in total. The highest BCUT2D eigenvalue weighted by molar-refractivity contribution is 7.15. The second-order valence-corrected chi connectivity index (χ2v) is 3.57.